The number of anilines is 2. The number of carbonyl (C=O) groups is 2. The predicted octanol–water partition coefficient (Wildman–Crippen LogP) is 3.84. The van der Waals surface area contributed by atoms with E-state index in [4.69, 9.17) is 0 Å². The summed E-state index contributed by atoms with van der Waals surface area (Å²) in [7, 11) is 0. The summed E-state index contributed by atoms with van der Waals surface area (Å²) in [6.45, 7) is 5.34. The first-order valence-corrected chi connectivity index (χ1v) is 8.45. The second kappa shape index (κ2) is 7.35. The molecule has 0 saturated carbocycles. The number of amides is 2. The Balaban J connectivity index is 1.88. The van der Waals surface area contributed by atoms with E-state index in [1.165, 1.54) is 11.8 Å². The molecule has 0 atom stereocenters. The number of para-hydroxylation sites is 1. The van der Waals surface area contributed by atoms with Gasteiger partial charge in [-0.25, -0.2) is 0 Å². The van der Waals surface area contributed by atoms with Crippen LogP contribution in [-0.4, -0.2) is 23.3 Å². The Morgan fingerprint density at radius 2 is 1.77 bits per heavy atom. The SMILES string of the molecule is CC(=O)N(CC(=O)Nc1cccc(C)c1C)c1cccc2cccnc12. The van der Waals surface area contributed by atoms with Crippen molar-refractivity contribution < 1.29 is 9.59 Å². The Morgan fingerprint density at radius 3 is 2.54 bits per heavy atom. The van der Waals surface area contributed by atoms with Crippen LogP contribution in [0.25, 0.3) is 10.9 Å². The Morgan fingerprint density at radius 1 is 1.04 bits per heavy atom. The molecule has 0 aliphatic rings. The molecule has 2 aromatic carbocycles. The van der Waals surface area contributed by atoms with E-state index in [2.05, 4.69) is 10.3 Å². The lowest BCUT2D eigenvalue weighted by Gasteiger charge is -2.22. The Kier molecular flexibility index (Phi) is 4.98. The van der Waals surface area contributed by atoms with Crippen LogP contribution in [0.1, 0.15) is 18.1 Å². The third-order valence-electron chi connectivity index (χ3n) is 4.46. The normalized spacial score (nSPS) is 10.6. The highest BCUT2D eigenvalue weighted by Crippen LogP contribution is 2.25. The van der Waals surface area contributed by atoms with Gasteiger partial charge < -0.3 is 10.2 Å². The molecule has 5 nitrogen and oxygen atoms in total. The average molecular weight is 347 g/mol. The summed E-state index contributed by atoms with van der Waals surface area (Å²) in [4.78, 5) is 30.6. The monoisotopic (exact) mass is 347 g/mol. The maximum atomic E-state index is 12.6. The lowest BCUT2D eigenvalue weighted by atomic mass is 10.1. The van der Waals surface area contributed by atoms with E-state index < -0.39 is 0 Å². The summed E-state index contributed by atoms with van der Waals surface area (Å²) in [6.07, 6.45) is 1.68. The van der Waals surface area contributed by atoms with Gasteiger partial charge in [-0.2, -0.15) is 0 Å². The molecular formula is C21H21N3O2. The quantitative estimate of drug-likeness (QED) is 0.780. The molecule has 26 heavy (non-hydrogen) atoms. The van der Waals surface area contributed by atoms with Gasteiger partial charge in [0.2, 0.25) is 11.8 Å². The molecule has 0 aliphatic carbocycles. The number of pyridine rings is 1. The highest BCUT2D eigenvalue weighted by atomic mass is 16.2. The van der Waals surface area contributed by atoms with Gasteiger partial charge in [0.05, 0.1) is 11.2 Å². The topological polar surface area (TPSA) is 62.3 Å². The second-order valence-corrected chi connectivity index (χ2v) is 6.25. The van der Waals surface area contributed by atoms with Crippen molar-refractivity contribution in [2.75, 3.05) is 16.8 Å². The second-order valence-electron chi connectivity index (χ2n) is 6.25. The summed E-state index contributed by atoms with van der Waals surface area (Å²) >= 11 is 0. The molecule has 3 rings (SSSR count). The number of hydrogen-bond donors (Lipinski definition) is 1. The zero-order valence-electron chi connectivity index (χ0n) is 15.1. The fourth-order valence-electron chi connectivity index (χ4n) is 2.89. The fourth-order valence-corrected chi connectivity index (χ4v) is 2.89. The number of aryl methyl sites for hydroxylation is 1. The van der Waals surface area contributed by atoms with Gasteiger partial charge in [-0.3, -0.25) is 14.6 Å². The minimum atomic E-state index is -0.248. The van der Waals surface area contributed by atoms with Crippen LogP contribution < -0.4 is 10.2 Å². The van der Waals surface area contributed by atoms with Gasteiger partial charge in [-0.05, 0) is 43.2 Å². The van der Waals surface area contributed by atoms with E-state index in [1.807, 2.05) is 62.4 Å². The van der Waals surface area contributed by atoms with Crippen LogP contribution in [0.5, 0.6) is 0 Å². The molecular weight excluding hydrogens is 326 g/mol. The number of nitrogens with zero attached hydrogens (tertiary/aromatic N) is 2. The minimum Gasteiger partial charge on any atom is -0.324 e. The first-order valence-electron chi connectivity index (χ1n) is 8.45. The van der Waals surface area contributed by atoms with Crippen molar-refractivity contribution in [2.45, 2.75) is 20.8 Å². The van der Waals surface area contributed by atoms with E-state index in [-0.39, 0.29) is 18.4 Å². The van der Waals surface area contributed by atoms with E-state index in [0.717, 1.165) is 22.2 Å². The molecule has 1 aromatic heterocycles. The molecule has 0 unspecified atom stereocenters. The molecule has 0 spiro atoms. The first-order chi connectivity index (χ1) is 12.5. The predicted molar refractivity (Wildman–Crippen MR) is 104 cm³/mol. The molecule has 2 amide bonds. The van der Waals surface area contributed by atoms with Gasteiger partial charge in [0.25, 0.3) is 0 Å². The van der Waals surface area contributed by atoms with Crippen molar-refractivity contribution in [1.29, 1.82) is 0 Å². The zero-order valence-corrected chi connectivity index (χ0v) is 15.1. The number of benzene rings is 2. The maximum absolute atomic E-state index is 12.6. The molecule has 0 fully saturated rings. The third kappa shape index (κ3) is 3.57. The lowest BCUT2D eigenvalue weighted by Crippen LogP contribution is -2.37. The molecule has 0 radical (unpaired) electrons. The standard InChI is InChI=1S/C21H21N3O2/c1-14-7-4-10-18(15(14)2)23-20(26)13-24(16(3)25)19-11-5-8-17-9-6-12-22-21(17)19/h4-12H,13H2,1-3H3,(H,23,26). The van der Waals surface area contributed by atoms with Crippen LogP contribution >= 0.6 is 0 Å². The number of aromatic nitrogens is 1. The van der Waals surface area contributed by atoms with Crippen molar-refractivity contribution in [3.05, 3.63) is 65.9 Å². The summed E-state index contributed by atoms with van der Waals surface area (Å²) in [5.74, 6) is -0.457. The van der Waals surface area contributed by atoms with Gasteiger partial charge in [0.1, 0.15) is 6.54 Å². The van der Waals surface area contributed by atoms with E-state index in [9.17, 15) is 9.59 Å². The highest BCUT2D eigenvalue weighted by Gasteiger charge is 2.19. The highest BCUT2D eigenvalue weighted by molar-refractivity contribution is 6.06. The van der Waals surface area contributed by atoms with Crippen LogP contribution in [0.4, 0.5) is 11.4 Å². The van der Waals surface area contributed by atoms with Crippen molar-refractivity contribution in [1.82, 2.24) is 4.98 Å². The number of nitrogens with one attached hydrogen (secondary N) is 1. The summed E-state index contributed by atoms with van der Waals surface area (Å²) in [5, 5.41) is 3.82. The first kappa shape index (κ1) is 17.6. The molecule has 5 heteroatoms. The van der Waals surface area contributed by atoms with Gasteiger partial charge in [0, 0.05) is 24.2 Å². The number of carbonyl (C=O) groups excluding carboxylic acids is 2. The van der Waals surface area contributed by atoms with Crippen LogP contribution in [0.15, 0.2) is 54.7 Å². The van der Waals surface area contributed by atoms with Gasteiger partial charge in [-0.15, -0.1) is 0 Å². The smallest absolute Gasteiger partial charge is 0.244 e. The number of fused-ring (bicyclic) bond motifs is 1. The van der Waals surface area contributed by atoms with Crippen molar-refractivity contribution in [2.24, 2.45) is 0 Å². The molecule has 1 heterocycles. The number of hydrogen-bond acceptors (Lipinski definition) is 3. The Hall–Kier alpha value is -3.21. The maximum Gasteiger partial charge on any atom is 0.244 e. The largest absolute Gasteiger partial charge is 0.324 e. The third-order valence-corrected chi connectivity index (χ3v) is 4.46. The summed E-state index contributed by atoms with van der Waals surface area (Å²) < 4.78 is 0. The van der Waals surface area contributed by atoms with Crippen molar-refractivity contribution in [3.63, 3.8) is 0 Å². The van der Waals surface area contributed by atoms with E-state index in [0.29, 0.717) is 11.2 Å². The molecule has 0 aliphatic heterocycles. The average Bonchev–Trinajstić information content (AvgIpc) is 2.63. The van der Waals surface area contributed by atoms with E-state index in [1.54, 1.807) is 6.20 Å². The molecule has 0 bridgehead atoms. The number of rotatable bonds is 4. The van der Waals surface area contributed by atoms with Crippen LogP contribution in [0.2, 0.25) is 0 Å². The van der Waals surface area contributed by atoms with Crippen molar-refractivity contribution in [3.8, 4) is 0 Å². The fraction of sp³-hybridized carbons (Fsp3) is 0.190. The van der Waals surface area contributed by atoms with E-state index >= 15 is 0 Å². The van der Waals surface area contributed by atoms with Crippen LogP contribution in [-0.2, 0) is 9.59 Å². The lowest BCUT2D eigenvalue weighted by molar-refractivity contribution is -0.120. The van der Waals surface area contributed by atoms with Gasteiger partial charge >= 0.3 is 0 Å². The van der Waals surface area contributed by atoms with Gasteiger partial charge in [0.15, 0.2) is 0 Å². The molecule has 1 N–H and O–H groups in total. The zero-order chi connectivity index (χ0) is 18.7. The van der Waals surface area contributed by atoms with Crippen LogP contribution in [0, 0.1) is 13.8 Å². The Bertz CT molecular complexity index is 977. The molecule has 0 saturated heterocycles. The summed E-state index contributed by atoms with van der Waals surface area (Å²) in [5.41, 5.74) is 4.21. The van der Waals surface area contributed by atoms with Crippen molar-refractivity contribution >= 4 is 34.1 Å². The molecule has 132 valence electrons. The van der Waals surface area contributed by atoms with Gasteiger partial charge in [-0.1, -0.05) is 30.3 Å². The van der Waals surface area contributed by atoms with Crippen LogP contribution in [0.3, 0.4) is 0 Å². The summed E-state index contributed by atoms with van der Waals surface area (Å²) in [6, 6.07) is 15.1. The minimum absolute atomic E-state index is 0.0710. The Labute approximate surface area is 152 Å². The molecule has 3 aromatic rings.